The Kier molecular flexibility index (Phi) is 5.78. The van der Waals surface area contributed by atoms with Crippen LogP contribution >= 0.6 is 0 Å². The molecule has 0 fully saturated rings. The third-order valence-corrected chi connectivity index (χ3v) is 25.0. The maximum Gasteiger partial charge on any atom is 0.184 e. The van der Waals surface area contributed by atoms with Gasteiger partial charge >= 0.3 is 0 Å². The van der Waals surface area contributed by atoms with Gasteiger partial charge in [-0.3, -0.25) is 0 Å². The second kappa shape index (κ2) is 6.87. The van der Waals surface area contributed by atoms with E-state index in [1.54, 1.807) is 5.19 Å². The Morgan fingerprint density at radius 2 is 1.54 bits per heavy atom. The van der Waals surface area contributed by atoms with Crippen molar-refractivity contribution < 1.29 is 4.43 Å². The summed E-state index contributed by atoms with van der Waals surface area (Å²) in [4.78, 5) is 0. The van der Waals surface area contributed by atoms with Gasteiger partial charge < -0.3 is 4.43 Å². The van der Waals surface area contributed by atoms with Gasteiger partial charge in [-0.15, -0.1) is 0 Å². The van der Waals surface area contributed by atoms with Crippen molar-refractivity contribution in [2.45, 2.75) is 78.2 Å². The highest BCUT2D eigenvalue weighted by molar-refractivity contribution is 7.47. The highest BCUT2D eigenvalue weighted by Gasteiger charge is 2.68. The fourth-order valence-corrected chi connectivity index (χ4v) is 26.6. The van der Waals surface area contributed by atoms with E-state index >= 15 is 0 Å². The average Bonchev–Trinajstić information content (AvgIpc) is 2.46. The van der Waals surface area contributed by atoms with Crippen LogP contribution in [0.4, 0.5) is 0 Å². The maximum absolute atomic E-state index is 7.42. The molecule has 1 aliphatic heterocycles. The smallest absolute Gasteiger partial charge is 0.184 e. The molecule has 0 N–H and O–H groups in total. The van der Waals surface area contributed by atoms with E-state index in [2.05, 4.69) is 109 Å². The Balaban J connectivity index is 2.96. The normalized spacial score (nSPS) is 30.5. The monoisotopic (exact) mass is 404 g/mol. The number of hydrogen-bond acceptors (Lipinski definition) is 1. The van der Waals surface area contributed by atoms with Gasteiger partial charge in [0.25, 0.3) is 0 Å². The molecule has 0 radical (unpaired) electrons. The molecule has 0 saturated heterocycles. The first-order chi connectivity index (χ1) is 11.7. The van der Waals surface area contributed by atoms with Crippen LogP contribution in [0.3, 0.4) is 0 Å². The molecule has 0 aromatic heterocycles. The lowest BCUT2D eigenvalue weighted by Crippen LogP contribution is -2.85. The zero-order valence-corrected chi connectivity index (χ0v) is 21.7. The summed E-state index contributed by atoms with van der Waals surface area (Å²) in [6.45, 7) is 24.7. The van der Waals surface area contributed by atoms with Gasteiger partial charge in [0.1, 0.15) is 7.59 Å². The van der Waals surface area contributed by atoms with Crippen molar-refractivity contribution in [1.82, 2.24) is 0 Å². The second-order valence-corrected chi connectivity index (χ2v) is 30.7. The Bertz CT molecular complexity index is 649. The predicted octanol–water partition coefficient (Wildman–Crippen LogP) is 6.14. The molecule has 146 valence electrons. The molecule has 0 saturated carbocycles. The molecule has 4 heteroatoms. The molecule has 1 nitrogen and oxygen atoms in total. The van der Waals surface area contributed by atoms with Crippen molar-refractivity contribution >= 4 is 28.7 Å². The van der Waals surface area contributed by atoms with Gasteiger partial charge in [-0.05, 0) is 37.0 Å². The van der Waals surface area contributed by atoms with Crippen molar-refractivity contribution in [3.63, 3.8) is 0 Å². The quantitative estimate of drug-likeness (QED) is 0.432. The third kappa shape index (κ3) is 3.38. The van der Waals surface area contributed by atoms with Gasteiger partial charge in [-0.25, -0.2) is 0 Å². The van der Waals surface area contributed by atoms with E-state index in [4.69, 9.17) is 4.43 Å². The lowest BCUT2D eigenvalue weighted by Gasteiger charge is -2.66. The number of benzene rings is 1. The largest absolute Gasteiger partial charge is 0.414 e. The van der Waals surface area contributed by atoms with Gasteiger partial charge in [-0.2, -0.15) is 0 Å². The molecule has 0 amide bonds. The molecule has 26 heavy (non-hydrogen) atoms. The van der Waals surface area contributed by atoms with Crippen LogP contribution in [0.15, 0.2) is 42.5 Å². The fraction of sp³-hybridized carbons (Fsp3) is 0.636. The van der Waals surface area contributed by atoms with Crippen molar-refractivity contribution in [3.8, 4) is 0 Å². The summed E-state index contributed by atoms with van der Waals surface area (Å²) in [5.41, 5.74) is 0.0970. The highest BCUT2D eigenvalue weighted by Crippen LogP contribution is 2.54. The highest BCUT2D eigenvalue weighted by atomic mass is 29.3. The SMILES string of the molecule is CC1C=CC[Si](c2ccccc2)([Si](C)(C)C)C1(O[Si](C)(C)C)C(C)(C)C. The molecule has 1 aliphatic rings. The summed E-state index contributed by atoms with van der Waals surface area (Å²) in [6.07, 6.45) is 4.96. The van der Waals surface area contributed by atoms with Crippen molar-refractivity contribution in [3.05, 3.63) is 42.5 Å². The maximum atomic E-state index is 7.42. The van der Waals surface area contributed by atoms with Crippen LogP contribution in [0.5, 0.6) is 0 Å². The minimum atomic E-state index is -1.98. The van der Waals surface area contributed by atoms with E-state index < -0.39 is 23.5 Å². The zero-order chi connectivity index (χ0) is 20.0. The predicted molar refractivity (Wildman–Crippen MR) is 125 cm³/mol. The van der Waals surface area contributed by atoms with Crippen molar-refractivity contribution in [2.75, 3.05) is 0 Å². The number of hydrogen-bond donors (Lipinski definition) is 0. The van der Waals surface area contributed by atoms with Crippen molar-refractivity contribution in [1.29, 1.82) is 0 Å². The van der Waals surface area contributed by atoms with Gasteiger partial charge in [0.05, 0.1) is 5.22 Å². The number of rotatable bonds is 4. The standard InChI is InChI=1S/C22H40OSi3/c1-19-15-14-18-26(25(8,9)10,20-16-12-11-13-17-20)22(19,21(2,3)4)23-24(5,6)7/h11-17,19H,18H2,1-10H3. The van der Waals surface area contributed by atoms with Crippen LogP contribution in [-0.4, -0.2) is 28.7 Å². The molecule has 1 aromatic rings. The van der Waals surface area contributed by atoms with Crippen LogP contribution in [0.2, 0.25) is 45.3 Å². The molecule has 0 bridgehead atoms. The molecule has 3 atom stereocenters. The molecular formula is C22H40OSi3. The topological polar surface area (TPSA) is 9.23 Å². The van der Waals surface area contributed by atoms with E-state index in [1.807, 2.05) is 0 Å². The molecule has 0 aliphatic carbocycles. The van der Waals surface area contributed by atoms with E-state index in [0.717, 1.165) is 0 Å². The van der Waals surface area contributed by atoms with E-state index in [9.17, 15) is 0 Å². The molecule has 0 spiro atoms. The van der Waals surface area contributed by atoms with Crippen LogP contribution < -0.4 is 5.19 Å². The summed E-state index contributed by atoms with van der Waals surface area (Å²) in [5, 5.41) is 1.55. The Morgan fingerprint density at radius 1 is 1.00 bits per heavy atom. The summed E-state index contributed by atoms with van der Waals surface area (Å²) < 4.78 is 7.42. The molecule has 2 rings (SSSR count). The Labute approximate surface area is 165 Å². The molecule has 1 aromatic carbocycles. The third-order valence-electron chi connectivity index (χ3n) is 6.25. The minimum absolute atomic E-state index is 0.0644. The van der Waals surface area contributed by atoms with Gasteiger partial charge in [0, 0.05) is 7.59 Å². The first kappa shape index (κ1) is 21.9. The number of allylic oxidation sites excluding steroid dienone is 1. The summed E-state index contributed by atoms with van der Waals surface area (Å²) in [6, 6.07) is 12.7. The summed E-state index contributed by atoms with van der Waals surface area (Å²) in [7, 11) is -5.28. The minimum Gasteiger partial charge on any atom is -0.414 e. The van der Waals surface area contributed by atoms with Crippen LogP contribution in [0.25, 0.3) is 0 Å². The Hall–Kier alpha value is -0.429. The van der Waals surface area contributed by atoms with Crippen LogP contribution in [0, 0.1) is 11.3 Å². The average molecular weight is 405 g/mol. The fourth-order valence-electron chi connectivity index (χ4n) is 5.62. The molecular weight excluding hydrogens is 364 g/mol. The lowest BCUT2D eigenvalue weighted by atomic mass is 9.80. The summed E-state index contributed by atoms with van der Waals surface area (Å²) >= 11 is 0. The first-order valence-corrected chi connectivity index (χ1v) is 20.2. The van der Waals surface area contributed by atoms with E-state index in [0.29, 0.717) is 5.92 Å². The van der Waals surface area contributed by atoms with Crippen LogP contribution in [0.1, 0.15) is 27.7 Å². The van der Waals surface area contributed by atoms with Gasteiger partial charge in [0.15, 0.2) is 8.32 Å². The zero-order valence-electron chi connectivity index (χ0n) is 18.7. The van der Waals surface area contributed by atoms with Crippen LogP contribution in [-0.2, 0) is 4.43 Å². The van der Waals surface area contributed by atoms with E-state index in [1.165, 1.54) is 6.04 Å². The lowest BCUT2D eigenvalue weighted by molar-refractivity contribution is -0.00344. The van der Waals surface area contributed by atoms with E-state index in [-0.39, 0.29) is 10.6 Å². The summed E-state index contributed by atoms with van der Waals surface area (Å²) in [5.74, 6) is 0.446. The first-order valence-electron chi connectivity index (χ1n) is 10.1. The van der Waals surface area contributed by atoms with Gasteiger partial charge in [0.2, 0.25) is 0 Å². The van der Waals surface area contributed by atoms with Crippen molar-refractivity contribution in [2.24, 2.45) is 11.3 Å². The Morgan fingerprint density at radius 3 is 1.96 bits per heavy atom. The second-order valence-electron chi connectivity index (χ2n) is 11.1. The van der Waals surface area contributed by atoms with Gasteiger partial charge in [-0.1, -0.05) is 95.0 Å². The molecule has 1 heterocycles. The molecule has 3 unspecified atom stereocenters.